The van der Waals surface area contributed by atoms with E-state index in [0.29, 0.717) is 0 Å². The first kappa shape index (κ1) is 14.7. The summed E-state index contributed by atoms with van der Waals surface area (Å²) in [4.78, 5) is 0. The van der Waals surface area contributed by atoms with Crippen LogP contribution in [0.1, 0.15) is 47.5 Å². The number of rotatable bonds is 4. The second-order valence-corrected chi connectivity index (χ2v) is 2.46. The molecule has 0 aromatic carbocycles. The lowest BCUT2D eigenvalue weighted by molar-refractivity contribution is 1.05. The second-order valence-electron chi connectivity index (χ2n) is 2.46. The SMILES string of the molecule is C=C/C(CC)=C(\C=C/C)CC.CC. The summed E-state index contributed by atoms with van der Waals surface area (Å²) >= 11 is 0. The summed E-state index contributed by atoms with van der Waals surface area (Å²) in [6.07, 6.45) is 8.38. The fourth-order valence-corrected chi connectivity index (χ4v) is 1.16. The predicted molar refractivity (Wildman–Crippen MR) is 64.0 cm³/mol. The molecular formula is C13H24. The van der Waals surface area contributed by atoms with Gasteiger partial charge in [-0.25, -0.2) is 0 Å². The van der Waals surface area contributed by atoms with Crippen LogP contribution < -0.4 is 0 Å². The van der Waals surface area contributed by atoms with Crippen molar-refractivity contribution in [3.8, 4) is 0 Å². The molecule has 0 unspecified atom stereocenters. The highest BCUT2D eigenvalue weighted by Crippen LogP contribution is 2.14. The van der Waals surface area contributed by atoms with Crippen molar-refractivity contribution < 1.29 is 0 Å². The first-order valence-corrected chi connectivity index (χ1v) is 5.27. The van der Waals surface area contributed by atoms with Crippen molar-refractivity contribution in [3.05, 3.63) is 36.0 Å². The summed E-state index contributed by atoms with van der Waals surface area (Å²) in [5, 5.41) is 0. The van der Waals surface area contributed by atoms with E-state index in [9.17, 15) is 0 Å². The molecule has 0 saturated carbocycles. The van der Waals surface area contributed by atoms with Crippen molar-refractivity contribution in [1.29, 1.82) is 0 Å². The van der Waals surface area contributed by atoms with E-state index in [0.717, 1.165) is 12.8 Å². The van der Waals surface area contributed by atoms with Crippen molar-refractivity contribution in [2.75, 3.05) is 0 Å². The van der Waals surface area contributed by atoms with Gasteiger partial charge in [-0.15, -0.1) is 0 Å². The quantitative estimate of drug-likeness (QED) is 0.540. The lowest BCUT2D eigenvalue weighted by Gasteiger charge is -2.03. The molecule has 0 aromatic heterocycles. The molecule has 0 heteroatoms. The molecule has 0 aliphatic heterocycles. The molecule has 0 saturated heterocycles. The van der Waals surface area contributed by atoms with E-state index in [1.807, 2.05) is 26.8 Å². The molecule has 0 N–H and O–H groups in total. The zero-order valence-corrected chi connectivity index (χ0v) is 9.85. The van der Waals surface area contributed by atoms with E-state index in [1.54, 1.807) is 0 Å². The van der Waals surface area contributed by atoms with Crippen molar-refractivity contribution >= 4 is 0 Å². The highest BCUT2D eigenvalue weighted by atomic mass is 14.0. The smallest absolute Gasteiger partial charge is 0.0305 e. The van der Waals surface area contributed by atoms with Gasteiger partial charge in [0.2, 0.25) is 0 Å². The maximum atomic E-state index is 3.79. The van der Waals surface area contributed by atoms with E-state index in [1.165, 1.54) is 11.1 Å². The molecule has 0 radical (unpaired) electrons. The molecule has 0 rings (SSSR count). The zero-order valence-electron chi connectivity index (χ0n) is 9.85. The number of hydrogen-bond acceptors (Lipinski definition) is 0. The predicted octanol–water partition coefficient (Wildman–Crippen LogP) is 4.89. The summed E-state index contributed by atoms with van der Waals surface area (Å²) < 4.78 is 0. The fraction of sp³-hybridized carbons (Fsp3) is 0.538. The van der Waals surface area contributed by atoms with Gasteiger partial charge in [-0.05, 0) is 30.9 Å². The molecule has 0 atom stereocenters. The van der Waals surface area contributed by atoms with Crippen LogP contribution in [0.15, 0.2) is 36.0 Å². The third kappa shape index (κ3) is 6.39. The van der Waals surface area contributed by atoms with Gasteiger partial charge in [-0.1, -0.05) is 52.5 Å². The standard InChI is InChI=1S/C11H18.C2H6/c1-5-9-11(8-4)10(6-2)7-3;1-2/h5-6,9H,2,7-8H2,1,3-4H3;1-2H3/b9-5-,11-10+;. The minimum atomic E-state index is 1.08. The monoisotopic (exact) mass is 180 g/mol. The van der Waals surface area contributed by atoms with Crippen LogP contribution in [0, 0.1) is 0 Å². The second kappa shape index (κ2) is 11.2. The molecule has 0 aromatic rings. The summed E-state index contributed by atoms with van der Waals surface area (Å²) in [5.41, 5.74) is 2.77. The summed E-state index contributed by atoms with van der Waals surface area (Å²) in [7, 11) is 0. The molecule has 0 aliphatic rings. The minimum absolute atomic E-state index is 1.08. The molecule has 0 spiro atoms. The molecule has 13 heavy (non-hydrogen) atoms. The lowest BCUT2D eigenvalue weighted by Crippen LogP contribution is -1.83. The van der Waals surface area contributed by atoms with Gasteiger partial charge < -0.3 is 0 Å². The lowest BCUT2D eigenvalue weighted by atomic mass is 10.0. The minimum Gasteiger partial charge on any atom is -0.0988 e. The maximum absolute atomic E-state index is 3.79. The maximum Gasteiger partial charge on any atom is -0.0305 e. The van der Waals surface area contributed by atoms with Crippen molar-refractivity contribution in [2.24, 2.45) is 0 Å². The Balaban J connectivity index is 0. The normalized spacial score (nSPS) is 11.8. The molecule has 76 valence electrons. The molecule has 0 amide bonds. The van der Waals surface area contributed by atoms with Gasteiger partial charge in [0.05, 0.1) is 0 Å². The molecule has 0 aliphatic carbocycles. The van der Waals surface area contributed by atoms with Crippen molar-refractivity contribution in [3.63, 3.8) is 0 Å². The molecule has 0 nitrogen and oxygen atoms in total. The van der Waals surface area contributed by atoms with Gasteiger partial charge in [0.25, 0.3) is 0 Å². The van der Waals surface area contributed by atoms with E-state index in [4.69, 9.17) is 0 Å². The average molecular weight is 180 g/mol. The van der Waals surface area contributed by atoms with E-state index >= 15 is 0 Å². The van der Waals surface area contributed by atoms with Gasteiger partial charge in [0.15, 0.2) is 0 Å². The largest absolute Gasteiger partial charge is 0.0988 e. The van der Waals surface area contributed by atoms with Crippen LogP contribution in [-0.4, -0.2) is 0 Å². The summed E-state index contributed by atoms with van der Waals surface area (Å²) in [5.74, 6) is 0. The molecular weight excluding hydrogens is 156 g/mol. The Morgan fingerprint density at radius 2 is 1.54 bits per heavy atom. The number of allylic oxidation sites excluding steroid dienone is 5. The zero-order chi connectivity index (χ0) is 10.7. The topological polar surface area (TPSA) is 0 Å². The first-order chi connectivity index (χ1) is 6.29. The van der Waals surface area contributed by atoms with Crippen LogP contribution in [-0.2, 0) is 0 Å². The van der Waals surface area contributed by atoms with Crippen LogP contribution in [0.5, 0.6) is 0 Å². The van der Waals surface area contributed by atoms with E-state index < -0.39 is 0 Å². The summed E-state index contributed by atoms with van der Waals surface area (Å²) in [6.45, 7) is 14.2. The van der Waals surface area contributed by atoms with Gasteiger partial charge in [-0.2, -0.15) is 0 Å². The van der Waals surface area contributed by atoms with E-state index in [2.05, 4.69) is 32.6 Å². The van der Waals surface area contributed by atoms with Crippen molar-refractivity contribution in [1.82, 2.24) is 0 Å². The Morgan fingerprint density at radius 1 is 1.08 bits per heavy atom. The first-order valence-electron chi connectivity index (χ1n) is 5.27. The Morgan fingerprint density at radius 3 is 1.77 bits per heavy atom. The molecule has 0 fully saturated rings. The van der Waals surface area contributed by atoms with Crippen LogP contribution in [0.25, 0.3) is 0 Å². The van der Waals surface area contributed by atoms with Crippen LogP contribution in [0.2, 0.25) is 0 Å². The third-order valence-corrected chi connectivity index (χ3v) is 1.79. The highest BCUT2D eigenvalue weighted by molar-refractivity contribution is 5.31. The van der Waals surface area contributed by atoms with Gasteiger partial charge in [0, 0.05) is 0 Å². The molecule has 0 bridgehead atoms. The Labute approximate surface area is 84.1 Å². The third-order valence-electron chi connectivity index (χ3n) is 1.79. The van der Waals surface area contributed by atoms with Crippen LogP contribution in [0.4, 0.5) is 0 Å². The van der Waals surface area contributed by atoms with Gasteiger partial charge >= 0.3 is 0 Å². The van der Waals surface area contributed by atoms with E-state index in [-0.39, 0.29) is 0 Å². The fourth-order valence-electron chi connectivity index (χ4n) is 1.16. The highest BCUT2D eigenvalue weighted by Gasteiger charge is 1.94. The Bertz CT molecular complexity index is 170. The van der Waals surface area contributed by atoms with Gasteiger partial charge in [-0.3, -0.25) is 0 Å². The average Bonchev–Trinajstić information content (AvgIpc) is 2.21. The van der Waals surface area contributed by atoms with Crippen LogP contribution in [0.3, 0.4) is 0 Å². The Kier molecular flexibility index (Phi) is 12.7. The Hall–Kier alpha value is -0.780. The summed E-state index contributed by atoms with van der Waals surface area (Å²) in [6, 6.07) is 0. The van der Waals surface area contributed by atoms with Crippen molar-refractivity contribution in [2.45, 2.75) is 47.5 Å². The van der Waals surface area contributed by atoms with Crippen LogP contribution >= 0.6 is 0 Å². The number of hydrogen-bond donors (Lipinski definition) is 0. The molecule has 0 heterocycles. The van der Waals surface area contributed by atoms with Gasteiger partial charge in [0.1, 0.15) is 0 Å².